The maximum atomic E-state index is 12.8. The number of imide groups is 1. The van der Waals surface area contributed by atoms with Gasteiger partial charge in [-0.05, 0) is 24.8 Å². The molecular formula is C19H27N3O5. The second-order valence-electron chi connectivity index (χ2n) is 6.95. The summed E-state index contributed by atoms with van der Waals surface area (Å²) in [6.45, 7) is 5.09. The highest BCUT2D eigenvalue weighted by atomic mass is 16.4. The molecule has 1 aromatic carbocycles. The van der Waals surface area contributed by atoms with E-state index in [9.17, 15) is 24.3 Å². The molecule has 8 heteroatoms. The molecule has 0 aliphatic carbocycles. The normalized spacial score (nSPS) is 14.3. The Bertz CT molecular complexity index is 702. The van der Waals surface area contributed by atoms with Gasteiger partial charge in [0.25, 0.3) is 0 Å². The first-order chi connectivity index (χ1) is 12.6. The third kappa shape index (κ3) is 5.97. The lowest BCUT2D eigenvalue weighted by atomic mass is 9.97. The fourth-order valence-corrected chi connectivity index (χ4v) is 2.75. The lowest BCUT2D eigenvalue weighted by molar-refractivity contribution is -0.159. The minimum Gasteiger partial charge on any atom is -0.480 e. The zero-order valence-electron chi connectivity index (χ0n) is 15.8. The van der Waals surface area contributed by atoms with E-state index in [0.29, 0.717) is 23.2 Å². The summed E-state index contributed by atoms with van der Waals surface area (Å²) >= 11 is 0. The fraction of sp³-hybridized carbons (Fsp3) is 0.474. The predicted molar refractivity (Wildman–Crippen MR) is 99.9 cm³/mol. The van der Waals surface area contributed by atoms with Crippen molar-refractivity contribution in [3.8, 4) is 0 Å². The molecule has 1 rings (SSSR count). The number of carbonyl (C=O) groups excluding carboxylic acids is 3. The van der Waals surface area contributed by atoms with Crippen molar-refractivity contribution in [1.29, 1.82) is 0 Å². The monoisotopic (exact) mass is 377 g/mol. The van der Waals surface area contributed by atoms with Crippen molar-refractivity contribution in [2.75, 3.05) is 0 Å². The van der Waals surface area contributed by atoms with Gasteiger partial charge >= 0.3 is 5.97 Å². The number of carboxylic acids is 1. The van der Waals surface area contributed by atoms with Crippen LogP contribution in [0.1, 0.15) is 43.1 Å². The van der Waals surface area contributed by atoms with E-state index in [1.165, 1.54) is 13.0 Å². The summed E-state index contributed by atoms with van der Waals surface area (Å²) in [5, 5.41) is 9.70. The number of benzene rings is 1. The van der Waals surface area contributed by atoms with Crippen molar-refractivity contribution in [2.24, 2.45) is 17.4 Å². The molecule has 0 aliphatic heterocycles. The first-order valence-electron chi connectivity index (χ1n) is 8.74. The third-order valence-corrected chi connectivity index (χ3v) is 4.10. The Morgan fingerprint density at radius 2 is 1.70 bits per heavy atom. The van der Waals surface area contributed by atoms with E-state index in [4.69, 9.17) is 11.5 Å². The van der Waals surface area contributed by atoms with Crippen molar-refractivity contribution >= 4 is 24.1 Å². The van der Waals surface area contributed by atoms with Gasteiger partial charge in [0, 0.05) is 12.0 Å². The molecule has 0 aliphatic rings. The Labute approximate surface area is 158 Å². The largest absolute Gasteiger partial charge is 0.480 e. The Balaban J connectivity index is 3.32. The average molecular weight is 377 g/mol. The van der Waals surface area contributed by atoms with Crippen LogP contribution in [0.5, 0.6) is 0 Å². The Morgan fingerprint density at radius 3 is 2.19 bits per heavy atom. The van der Waals surface area contributed by atoms with Crippen molar-refractivity contribution < 1.29 is 24.3 Å². The summed E-state index contributed by atoms with van der Waals surface area (Å²) in [4.78, 5) is 49.1. The molecule has 0 heterocycles. The molecule has 0 saturated carbocycles. The van der Waals surface area contributed by atoms with Crippen molar-refractivity contribution in [2.45, 2.75) is 51.7 Å². The van der Waals surface area contributed by atoms with E-state index in [1.807, 2.05) is 13.8 Å². The molecule has 0 aromatic heterocycles. The van der Waals surface area contributed by atoms with Crippen LogP contribution in [0.4, 0.5) is 0 Å². The van der Waals surface area contributed by atoms with Gasteiger partial charge in [0.05, 0.1) is 12.1 Å². The minimum absolute atomic E-state index is 0.0790. The summed E-state index contributed by atoms with van der Waals surface area (Å²) < 4.78 is 0. The Hall–Kier alpha value is -2.58. The molecule has 0 saturated heterocycles. The van der Waals surface area contributed by atoms with Gasteiger partial charge in [-0.3, -0.25) is 19.3 Å². The van der Waals surface area contributed by atoms with Crippen LogP contribution >= 0.6 is 0 Å². The zero-order chi connectivity index (χ0) is 20.7. The van der Waals surface area contributed by atoms with Gasteiger partial charge in [0.1, 0.15) is 12.3 Å². The summed E-state index contributed by atoms with van der Waals surface area (Å²) in [7, 11) is 0. The second kappa shape index (κ2) is 9.94. The number of hydrogen-bond donors (Lipinski definition) is 3. The molecule has 27 heavy (non-hydrogen) atoms. The topological polar surface area (TPSA) is 144 Å². The maximum absolute atomic E-state index is 12.8. The molecular weight excluding hydrogens is 350 g/mol. The first-order valence-corrected chi connectivity index (χ1v) is 8.74. The van der Waals surface area contributed by atoms with Gasteiger partial charge in [0.15, 0.2) is 0 Å². The van der Waals surface area contributed by atoms with Crippen LogP contribution in [-0.4, -0.2) is 52.2 Å². The lowest BCUT2D eigenvalue weighted by Gasteiger charge is -2.31. The minimum atomic E-state index is -1.52. The summed E-state index contributed by atoms with van der Waals surface area (Å²) in [5.41, 5.74) is 12.2. The molecule has 148 valence electrons. The highest BCUT2D eigenvalue weighted by molar-refractivity contribution is 6.03. The third-order valence-electron chi connectivity index (χ3n) is 4.10. The van der Waals surface area contributed by atoms with Gasteiger partial charge in [-0.2, -0.15) is 0 Å². The van der Waals surface area contributed by atoms with E-state index in [0.717, 1.165) is 0 Å². The Kier molecular flexibility index (Phi) is 8.27. The Morgan fingerprint density at radius 1 is 1.11 bits per heavy atom. The van der Waals surface area contributed by atoms with Crippen LogP contribution in [0.25, 0.3) is 0 Å². The zero-order valence-corrected chi connectivity index (χ0v) is 15.8. The lowest BCUT2D eigenvalue weighted by Crippen LogP contribution is -2.58. The highest BCUT2D eigenvalue weighted by Crippen LogP contribution is 2.17. The van der Waals surface area contributed by atoms with Crippen LogP contribution in [-0.2, 0) is 20.8 Å². The van der Waals surface area contributed by atoms with Crippen LogP contribution in [0, 0.1) is 5.92 Å². The number of hydrogen-bond acceptors (Lipinski definition) is 6. The number of aldehydes is 1. The van der Waals surface area contributed by atoms with Gasteiger partial charge in [0.2, 0.25) is 11.8 Å². The summed E-state index contributed by atoms with van der Waals surface area (Å²) in [6.07, 6.45) is 0.667. The van der Waals surface area contributed by atoms with Crippen LogP contribution in [0.2, 0.25) is 0 Å². The predicted octanol–water partition coefficient (Wildman–Crippen LogP) is 0.571. The van der Waals surface area contributed by atoms with Gasteiger partial charge < -0.3 is 16.6 Å². The molecule has 1 aromatic rings. The molecule has 0 bridgehead atoms. The van der Waals surface area contributed by atoms with E-state index in [-0.39, 0.29) is 17.9 Å². The summed E-state index contributed by atoms with van der Waals surface area (Å²) in [5.74, 6) is -2.91. The molecule has 0 fully saturated rings. The second-order valence-corrected chi connectivity index (χ2v) is 6.95. The molecule has 0 spiro atoms. The number of carbonyl (C=O) groups is 4. The molecule has 8 nitrogen and oxygen atoms in total. The number of amides is 2. The smallest absolute Gasteiger partial charge is 0.327 e. The van der Waals surface area contributed by atoms with Crippen LogP contribution in [0.3, 0.4) is 0 Å². The highest BCUT2D eigenvalue weighted by Gasteiger charge is 2.38. The summed E-state index contributed by atoms with van der Waals surface area (Å²) in [6, 6.07) is 2.76. The van der Waals surface area contributed by atoms with Crippen molar-refractivity contribution in [1.82, 2.24) is 4.90 Å². The molecule has 2 amide bonds. The number of carboxylic acid groups (broad SMARTS) is 1. The molecule has 3 unspecified atom stereocenters. The van der Waals surface area contributed by atoms with Crippen molar-refractivity contribution in [3.05, 3.63) is 35.4 Å². The fourth-order valence-electron chi connectivity index (χ4n) is 2.75. The quantitative estimate of drug-likeness (QED) is 0.534. The maximum Gasteiger partial charge on any atom is 0.327 e. The number of nitrogens with zero attached hydrogens (tertiary/aromatic N) is 1. The first kappa shape index (κ1) is 22.5. The van der Waals surface area contributed by atoms with Gasteiger partial charge in [-0.1, -0.05) is 38.1 Å². The SMILES string of the molecule is CC(C)CC(N)C(=O)N(C(=O)C(C)N)C(Cc1ccccc1C=O)C(=O)O. The molecule has 3 atom stereocenters. The van der Waals surface area contributed by atoms with Crippen molar-refractivity contribution in [3.63, 3.8) is 0 Å². The van der Waals surface area contributed by atoms with Gasteiger partial charge in [-0.15, -0.1) is 0 Å². The van der Waals surface area contributed by atoms with Crippen LogP contribution < -0.4 is 11.5 Å². The molecule has 0 radical (unpaired) electrons. The average Bonchev–Trinajstić information content (AvgIpc) is 2.60. The standard InChI is InChI=1S/C19H27N3O5/c1-11(2)8-15(21)18(25)22(17(24)12(3)20)16(19(26)27)9-13-6-4-5-7-14(13)10-23/h4-7,10-12,15-16H,8-9,20-21H2,1-3H3,(H,26,27). The van der Waals surface area contributed by atoms with Crippen LogP contribution in [0.15, 0.2) is 24.3 Å². The number of aliphatic carboxylic acids is 1. The van der Waals surface area contributed by atoms with E-state index < -0.39 is 35.9 Å². The molecule has 5 N–H and O–H groups in total. The number of nitrogens with two attached hydrogens (primary N) is 2. The van der Waals surface area contributed by atoms with E-state index >= 15 is 0 Å². The van der Waals surface area contributed by atoms with Gasteiger partial charge in [-0.25, -0.2) is 4.79 Å². The van der Waals surface area contributed by atoms with E-state index in [1.54, 1.807) is 18.2 Å². The van der Waals surface area contributed by atoms with E-state index in [2.05, 4.69) is 0 Å². The number of rotatable bonds is 9.